The monoisotopic (exact) mass is 260 g/mol. The van der Waals surface area contributed by atoms with Crippen molar-refractivity contribution in [1.29, 1.82) is 0 Å². The van der Waals surface area contributed by atoms with Gasteiger partial charge in [0.2, 0.25) is 5.01 Å². The molecule has 0 heterocycles. The lowest BCUT2D eigenvalue weighted by Gasteiger charge is -2.29. The maximum Gasteiger partial charge on any atom is 0.386 e. The van der Waals surface area contributed by atoms with Gasteiger partial charge in [-0.3, -0.25) is 0 Å². The van der Waals surface area contributed by atoms with E-state index in [1.807, 2.05) is 0 Å². The van der Waals surface area contributed by atoms with Crippen LogP contribution in [-0.4, -0.2) is 13.9 Å². The van der Waals surface area contributed by atoms with Crippen molar-refractivity contribution in [3.8, 4) is 6.07 Å². The van der Waals surface area contributed by atoms with E-state index in [2.05, 4.69) is 11.1 Å². The van der Waals surface area contributed by atoms with Gasteiger partial charge in [0, 0.05) is 6.42 Å². The van der Waals surface area contributed by atoms with E-state index in [9.17, 15) is 0 Å². The first-order valence-corrected chi connectivity index (χ1v) is 4.95. The summed E-state index contributed by atoms with van der Waals surface area (Å²) in [6.45, 7) is 0. The van der Waals surface area contributed by atoms with Crippen molar-refractivity contribution in [1.82, 2.24) is 0 Å². The van der Waals surface area contributed by atoms with Gasteiger partial charge in [0.15, 0.2) is 4.33 Å². The van der Waals surface area contributed by atoms with Gasteiger partial charge in [0.25, 0.3) is 0 Å². The number of alkyl halides is 4. The maximum absolute atomic E-state index is 8.27. The average molecular weight is 262 g/mol. The summed E-state index contributed by atoms with van der Waals surface area (Å²) in [4.78, 5) is 0. The van der Waals surface area contributed by atoms with Gasteiger partial charge >= 0.3 is 6.07 Å². The molecule has 0 unspecified atom stereocenters. The van der Waals surface area contributed by atoms with Crippen molar-refractivity contribution in [3.63, 3.8) is 0 Å². The summed E-state index contributed by atoms with van der Waals surface area (Å²) in [5.74, 6) is 0. The summed E-state index contributed by atoms with van der Waals surface area (Å²) in [6.07, 6.45) is 2.17. The molecule has 0 atom stereocenters. The molecule has 0 aromatic heterocycles. The Morgan fingerprint density at radius 2 is 2.00 bits per heavy atom. The minimum Gasteiger partial charge on any atom is -0.177 e. The summed E-state index contributed by atoms with van der Waals surface area (Å²) >= 11 is 23.5. The molecule has 72 valence electrons. The van der Waals surface area contributed by atoms with Crippen LogP contribution in [0.15, 0.2) is 11.6 Å². The molecule has 0 saturated carbocycles. The summed E-state index contributed by atoms with van der Waals surface area (Å²) in [5.41, 5.74) is 0.384. The third kappa shape index (κ3) is 2.82. The van der Waals surface area contributed by atoms with E-state index in [0.717, 1.165) is 0 Å². The van der Waals surface area contributed by atoms with E-state index < -0.39 is 8.67 Å². The smallest absolute Gasteiger partial charge is 0.177 e. The largest absolute Gasteiger partial charge is 0.386 e. The molecule has 0 saturated heterocycles. The molecule has 13 heavy (non-hydrogen) atoms. The molecule has 1 rings (SSSR count). The van der Waals surface area contributed by atoms with Crippen LogP contribution in [0.5, 0.6) is 0 Å². The zero-order chi connectivity index (χ0) is 10.1. The standard InChI is InChI=1S/C7H5Cl4NO/c8-6(9)2-1-5(3-12-13)7(10,11)4-6/h1H,2,4H2/p+1. The Kier molecular flexibility index (Phi) is 3.24. The van der Waals surface area contributed by atoms with Gasteiger partial charge in [-0.1, -0.05) is 29.3 Å². The average Bonchev–Trinajstić information content (AvgIpc) is 1.93. The third-order valence-electron chi connectivity index (χ3n) is 1.65. The molecule has 1 aliphatic rings. The molecule has 0 spiro atoms. The number of halogens is 4. The second-order valence-corrected chi connectivity index (χ2v) is 5.90. The Labute approximate surface area is 95.8 Å². The number of nitrogens with zero attached hydrogens (tertiary/aromatic N) is 1. The number of rotatable bonds is 0. The van der Waals surface area contributed by atoms with E-state index in [1.54, 1.807) is 6.08 Å². The predicted octanol–water partition coefficient (Wildman–Crippen LogP) is 3.78. The molecule has 0 aliphatic heterocycles. The molecule has 1 N–H and O–H groups in total. The van der Waals surface area contributed by atoms with E-state index in [0.29, 0.717) is 12.0 Å². The minimum absolute atomic E-state index is 0.167. The Bertz CT molecular complexity index is 299. The molecule has 0 aromatic carbocycles. The highest BCUT2D eigenvalue weighted by atomic mass is 35.5. The number of hydrogen-bond acceptors (Lipinski definition) is 1. The molecule has 0 bridgehead atoms. The van der Waals surface area contributed by atoms with Crippen LogP contribution in [0, 0.1) is 6.07 Å². The predicted molar refractivity (Wildman–Crippen MR) is 55.2 cm³/mol. The normalized spacial score (nSPS) is 24.2. The van der Waals surface area contributed by atoms with Crippen molar-refractivity contribution in [2.24, 2.45) is 0 Å². The van der Waals surface area contributed by atoms with Crippen LogP contribution in [0.4, 0.5) is 0 Å². The van der Waals surface area contributed by atoms with Crippen molar-refractivity contribution in [2.75, 3.05) is 0 Å². The summed E-state index contributed by atoms with van der Waals surface area (Å²) in [7, 11) is 0. The van der Waals surface area contributed by atoms with Gasteiger partial charge in [-0.05, 0) is 6.42 Å². The lowest BCUT2D eigenvalue weighted by atomic mass is 9.98. The van der Waals surface area contributed by atoms with E-state index >= 15 is 0 Å². The van der Waals surface area contributed by atoms with Crippen LogP contribution in [0.25, 0.3) is 5.01 Å². The highest BCUT2D eigenvalue weighted by Crippen LogP contribution is 2.47. The fourth-order valence-corrected chi connectivity index (χ4v) is 2.60. The van der Waals surface area contributed by atoms with Crippen LogP contribution in [0.3, 0.4) is 0 Å². The topological polar surface area (TPSA) is 24.6 Å². The van der Waals surface area contributed by atoms with Crippen LogP contribution in [0.1, 0.15) is 12.8 Å². The molecule has 0 fully saturated rings. The zero-order valence-corrected chi connectivity index (χ0v) is 9.42. The SMILES string of the molecule is O[N+]#CC1=CCC(Cl)(Cl)CC1(Cl)Cl. The van der Waals surface area contributed by atoms with Crippen LogP contribution in [0.2, 0.25) is 0 Å². The molecule has 6 heteroatoms. The van der Waals surface area contributed by atoms with Crippen LogP contribution < -0.4 is 0 Å². The van der Waals surface area contributed by atoms with Crippen molar-refractivity contribution in [2.45, 2.75) is 21.5 Å². The first-order valence-electron chi connectivity index (χ1n) is 3.44. The van der Waals surface area contributed by atoms with Crippen molar-refractivity contribution < 1.29 is 5.21 Å². The molecular formula is C7H6Cl4NO+. The first kappa shape index (κ1) is 11.3. The number of allylic oxidation sites excluding steroid dienone is 2. The Morgan fingerprint density at radius 1 is 1.38 bits per heavy atom. The number of hydrogen-bond donors (Lipinski definition) is 1. The maximum atomic E-state index is 8.27. The molecule has 0 aromatic rings. The fraction of sp³-hybridized carbons (Fsp3) is 0.571. The van der Waals surface area contributed by atoms with Gasteiger partial charge in [-0.25, -0.2) is 0 Å². The Morgan fingerprint density at radius 3 is 2.46 bits per heavy atom. The molecule has 0 radical (unpaired) electrons. The summed E-state index contributed by atoms with van der Waals surface area (Å²) in [5, 5.41) is 11.0. The van der Waals surface area contributed by atoms with Gasteiger partial charge < -0.3 is 0 Å². The minimum atomic E-state index is -1.24. The Hall–Kier alpha value is 0.190. The van der Waals surface area contributed by atoms with Gasteiger partial charge in [0.1, 0.15) is 9.91 Å². The van der Waals surface area contributed by atoms with Crippen LogP contribution >= 0.6 is 46.4 Å². The fourth-order valence-electron chi connectivity index (χ4n) is 1.07. The lowest BCUT2D eigenvalue weighted by Crippen LogP contribution is -2.30. The highest BCUT2D eigenvalue weighted by Gasteiger charge is 2.44. The van der Waals surface area contributed by atoms with Crippen molar-refractivity contribution in [3.05, 3.63) is 16.7 Å². The molecule has 1 aliphatic carbocycles. The van der Waals surface area contributed by atoms with E-state index in [-0.39, 0.29) is 6.42 Å². The second-order valence-electron chi connectivity index (χ2n) is 2.77. The van der Waals surface area contributed by atoms with E-state index in [1.165, 1.54) is 0 Å². The Balaban J connectivity index is 2.97. The van der Waals surface area contributed by atoms with Crippen LogP contribution in [-0.2, 0) is 0 Å². The summed E-state index contributed by atoms with van der Waals surface area (Å²) < 4.78 is -2.21. The zero-order valence-electron chi connectivity index (χ0n) is 6.40. The molecular weight excluding hydrogens is 256 g/mol. The van der Waals surface area contributed by atoms with Crippen molar-refractivity contribution >= 4 is 46.4 Å². The summed E-state index contributed by atoms with van der Waals surface area (Å²) in [6, 6.07) is 2.27. The lowest BCUT2D eigenvalue weighted by molar-refractivity contribution is 0.464. The second kappa shape index (κ2) is 3.74. The van der Waals surface area contributed by atoms with Gasteiger partial charge in [0.05, 0.1) is 0 Å². The molecule has 2 nitrogen and oxygen atoms in total. The van der Waals surface area contributed by atoms with Gasteiger partial charge in [-0.15, -0.1) is 23.2 Å². The quantitative estimate of drug-likeness (QED) is 0.521. The third-order valence-corrected chi connectivity index (χ3v) is 2.90. The van der Waals surface area contributed by atoms with E-state index in [4.69, 9.17) is 51.6 Å². The molecule has 0 amide bonds. The van der Waals surface area contributed by atoms with Gasteiger partial charge in [-0.2, -0.15) is 5.21 Å². The first-order chi connectivity index (χ1) is 5.87. The highest BCUT2D eigenvalue weighted by molar-refractivity contribution is 6.54.